The molecule has 0 aromatic carbocycles. The summed E-state index contributed by atoms with van der Waals surface area (Å²) in [6.45, 7) is 1.69. The highest BCUT2D eigenvalue weighted by atomic mass is 127. The molecule has 2 aromatic rings. The van der Waals surface area contributed by atoms with E-state index in [1.165, 1.54) is 4.88 Å². The normalized spacial score (nSPS) is 11.0. The smallest absolute Gasteiger partial charge is 0.193 e. The van der Waals surface area contributed by atoms with Crippen LogP contribution in [-0.4, -0.2) is 36.5 Å². The van der Waals surface area contributed by atoms with Crippen LogP contribution in [0.5, 0.6) is 0 Å². The number of nitrogens with one attached hydrogen (secondary N) is 1. The van der Waals surface area contributed by atoms with Crippen molar-refractivity contribution in [2.45, 2.75) is 13.0 Å². The monoisotopic (exact) mass is 422 g/mol. The predicted octanol–water partition coefficient (Wildman–Crippen LogP) is 3.07. The molecule has 1 N–H and O–H groups in total. The third kappa shape index (κ3) is 5.37. The van der Waals surface area contributed by atoms with E-state index in [4.69, 9.17) is 0 Å². The zero-order valence-electron chi connectivity index (χ0n) is 11.6. The number of thiazole rings is 1. The van der Waals surface area contributed by atoms with Crippen LogP contribution in [0.4, 0.5) is 0 Å². The highest BCUT2D eigenvalue weighted by Crippen LogP contribution is 2.09. The fourth-order valence-corrected chi connectivity index (χ4v) is 2.97. The van der Waals surface area contributed by atoms with Crippen molar-refractivity contribution in [1.29, 1.82) is 0 Å². The topological polar surface area (TPSA) is 40.5 Å². The van der Waals surface area contributed by atoms with Gasteiger partial charge < -0.3 is 10.2 Å². The van der Waals surface area contributed by atoms with Crippen LogP contribution in [0.15, 0.2) is 34.1 Å². The SMILES string of the molecule is CN=C(NCc1nccs1)N(C)CCc1cccs1.I. The summed E-state index contributed by atoms with van der Waals surface area (Å²) < 4.78 is 0. The molecular formula is C13H19IN4S2. The molecule has 2 rings (SSSR count). The van der Waals surface area contributed by atoms with Gasteiger partial charge >= 0.3 is 0 Å². The maximum Gasteiger partial charge on any atom is 0.193 e. The molecule has 0 saturated heterocycles. The summed E-state index contributed by atoms with van der Waals surface area (Å²) >= 11 is 3.45. The largest absolute Gasteiger partial charge is 0.350 e. The van der Waals surface area contributed by atoms with E-state index in [0.717, 1.165) is 30.5 Å². The predicted molar refractivity (Wildman–Crippen MR) is 98.4 cm³/mol. The molecule has 0 aliphatic carbocycles. The molecule has 7 heteroatoms. The Bertz CT molecular complexity index is 496. The van der Waals surface area contributed by atoms with Gasteiger partial charge in [0.05, 0.1) is 6.54 Å². The minimum atomic E-state index is 0. The number of halogens is 1. The van der Waals surface area contributed by atoms with E-state index in [2.05, 4.69) is 44.8 Å². The van der Waals surface area contributed by atoms with Crippen molar-refractivity contribution >= 4 is 52.6 Å². The first-order valence-electron chi connectivity index (χ1n) is 6.12. The fraction of sp³-hybridized carbons (Fsp3) is 0.385. The molecule has 0 aliphatic rings. The molecule has 2 heterocycles. The first-order valence-corrected chi connectivity index (χ1v) is 7.88. The molecule has 110 valence electrons. The van der Waals surface area contributed by atoms with Crippen LogP contribution in [-0.2, 0) is 13.0 Å². The van der Waals surface area contributed by atoms with Crippen LogP contribution >= 0.6 is 46.7 Å². The van der Waals surface area contributed by atoms with Gasteiger partial charge in [0.15, 0.2) is 5.96 Å². The Labute approximate surface area is 145 Å². The Kier molecular flexibility index (Phi) is 8.08. The second-order valence-corrected chi connectivity index (χ2v) is 6.09. The summed E-state index contributed by atoms with van der Waals surface area (Å²) in [5, 5.41) is 8.51. The van der Waals surface area contributed by atoms with Crippen molar-refractivity contribution in [3.63, 3.8) is 0 Å². The van der Waals surface area contributed by atoms with Gasteiger partial charge in [0.2, 0.25) is 0 Å². The second-order valence-electron chi connectivity index (χ2n) is 4.08. The molecule has 20 heavy (non-hydrogen) atoms. The average Bonchev–Trinajstić information content (AvgIpc) is 3.10. The lowest BCUT2D eigenvalue weighted by molar-refractivity contribution is 0.486. The quantitative estimate of drug-likeness (QED) is 0.458. The van der Waals surface area contributed by atoms with Crippen LogP contribution in [0, 0.1) is 0 Å². The van der Waals surface area contributed by atoms with Gasteiger partial charge in [0, 0.05) is 37.1 Å². The Hall–Kier alpha value is -0.670. The van der Waals surface area contributed by atoms with Gasteiger partial charge in [-0.25, -0.2) is 4.98 Å². The second kappa shape index (κ2) is 9.30. The summed E-state index contributed by atoms with van der Waals surface area (Å²) in [5.41, 5.74) is 0. The number of aliphatic imine (C=N–C) groups is 1. The Balaban J connectivity index is 0.00000200. The molecule has 0 spiro atoms. The molecule has 0 bridgehead atoms. The molecule has 0 atom stereocenters. The van der Waals surface area contributed by atoms with Gasteiger partial charge in [0.25, 0.3) is 0 Å². The van der Waals surface area contributed by atoms with Gasteiger partial charge in [0.1, 0.15) is 5.01 Å². The van der Waals surface area contributed by atoms with Crippen LogP contribution in [0.25, 0.3) is 0 Å². The fourth-order valence-electron chi connectivity index (χ4n) is 1.72. The van der Waals surface area contributed by atoms with E-state index in [0.29, 0.717) is 0 Å². The first-order chi connectivity index (χ1) is 9.29. The standard InChI is InChI=1S/C13H18N4S2.HI/c1-14-13(16-10-12-15-6-9-19-12)17(2)7-5-11-4-3-8-18-11;/h3-4,6,8-9H,5,7,10H2,1-2H3,(H,14,16);1H. The van der Waals surface area contributed by atoms with Gasteiger partial charge in [-0.05, 0) is 17.9 Å². The number of thiophene rings is 1. The van der Waals surface area contributed by atoms with Crippen molar-refractivity contribution < 1.29 is 0 Å². The van der Waals surface area contributed by atoms with E-state index in [1.54, 1.807) is 22.7 Å². The Morgan fingerprint density at radius 1 is 1.40 bits per heavy atom. The van der Waals surface area contributed by atoms with Gasteiger partial charge in [-0.3, -0.25) is 4.99 Å². The first kappa shape index (κ1) is 17.4. The number of likely N-dealkylation sites (N-methyl/N-ethyl adjacent to an activating group) is 1. The zero-order chi connectivity index (χ0) is 13.5. The highest BCUT2D eigenvalue weighted by molar-refractivity contribution is 14.0. The summed E-state index contributed by atoms with van der Waals surface area (Å²) in [7, 11) is 3.87. The summed E-state index contributed by atoms with van der Waals surface area (Å²) in [4.78, 5) is 12.1. The van der Waals surface area contributed by atoms with Gasteiger partial charge in [-0.1, -0.05) is 6.07 Å². The van der Waals surface area contributed by atoms with Crippen LogP contribution in [0.2, 0.25) is 0 Å². The summed E-state index contributed by atoms with van der Waals surface area (Å²) in [6, 6.07) is 4.26. The summed E-state index contributed by atoms with van der Waals surface area (Å²) in [5.74, 6) is 0.909. The van der Waals surface area contributed by atoms with Crippen LogP contribution < -0.4 is 5.32 Å². The van der Waals surface area contributed by atoms with E-state index in [9.17, 15) is 0 Å². The van der Waals surface area contributed by atoms with E-state index < -0.39 is 0 Å². The lowest BCUT2D eigenvalue weighted by Gasteiger charge is -2.21. The highest BCUT2D eigenvalue weighted by Gasteiger charge is 2.06. The minimum absolute atomic E-state index is 0. The van der Waals surface area contributed by atoms with Crippen molar-refractivity contribution in [2.24, 2.45) is 4.99 Å². The van der Waals surface area contributed by atoms with Crippen molar-refractivity contribution in [2.75, 3.05) is 20.6 Å². The lowest BCUT2D eigenvalue weighted by Crippen LogP contribution is -2.39. The molecule has 0 aliphatic heterocycles. The van der Waals surface area contributed by atoms with Crippen LogP contribution in [0.3, 0.4) is 0 Å². The third-order valence-electron chi connectivity index (χ3n) is 2.73. The molecule has 4 nitrogen and oxygen atoms in total. The summed E-state index contributed by atoms with van der Waals surface area (Å²) in [6.07, 6.45) is 2.87. The minimum Gasteiger partial charge on any atom is -0.350 e. The maximum absolute atomic E-state index is 4.30. The number of rotatable bonds is 5. The van der Waals surface area contributed by atoms with E-state index in [1.807, 2.05) is 18.6 Å². The molecule has 0 radical (unpaired) electrons. The Morgan fingerprint density at radius 2 is 2.25 bits per heavy atom. The molecule has 2 aromatic heterocycles. The molecule has 0 fully saturated rings. The number of guanidine groups is 1. The molecule has 0 unspecified atom stereocenters. The molecular weight excluding hydrogens is 403 g/mol. The van der Waals surface area contributed by atoms with E-state index >= 15 is 0 Å². The number of nitrogens with zero attached hydrogens (tertiary/aromatic N) is 3. The van der Waals surface area contributed by atoms with Crippen molar-refractivity contribution in [3.05, 3.63) is 39.0 Å². The van der Waals surface area contributed by atoms with Gasteiger partial charge in [-0.15, -0.1) is 46.7 Å². The number of aromatic nitrogens is 1. The zero-order valence-corrected chi connectivity index (χ0v) is 15.5. The molecule has 0 amide bonds. The molecule has 0 saturated carbocycles. The van der Waals surface area contributed by atoms with E-state index in [-0.39, 0.29) is 24.0 Å². The number of hydrogen-bond acceptors (Lipinski definition) is 4. The van der Waals surface area contributed by atoms with Crippen molar-refractivity contribution in [3.8, 4) is 0 Å². The Morgan fingerprint density at radius 3 is 2.85 bits per heavy atom. The van der Waals surface area contributed by atoms with Crippen LogP contribution in [0.1, 0.15) is 9.88 Å². The van der Waals surface area contributed by atoms with Crippen molar-refractivity contribution in [1.82, 2.24) is 15.2 Å². The maximum atomic E-state index is 4.30. The average molecular weight is 422 g/mol. The lowest BCUT2D eigenvalue weighted by atomic mass is 10.3. The number of hydrogen-bond donors (Lipinski definition) is 1. The van der Waals surface area contributed by atoms with Gasteiger partial charge in [-0.2, -0.15) is 0 Å². The third-order valence-corrected chi connectivity index (χ3v) is 4.44.